The Hall–Kier alpha value is -1.10. The number of nitrogens with zero attached hydrogens (tertiary/aromatic N) is 1. The van der Waals surface area contributed by atoms with E-state index in [9.17, 15) is 0 Å². The summed E-state index contributed by atoms with van der Waals surface area (Å²) in [6.07, 6.45) is 2.59. The third-order valence-corrected chi connectivity index (χ3v) is 3.96. The van der Waals surface area contributed by atoms with Crippen molar-refractivity contribution in [1.82, 2.24) is 10.3 Å². The third-order valence-electron chi connectivity index (χ3n) is 3.03. The van der Waals surface area contributed by atoms with Crippen LogP contribution < -0.4 is 10.1 Å². The molecule has 1 heterocycles. The molecule has 0 saturated heterocycles. The lowest BCUT2D eigenvalue weighted by Crippen LogP contribution is -2.15. The van der Waals surface area contributed by atoms with Crippen molar-refractivity contribution in [2.45, 2.75) is 32.0 Å². The van der Waals surface area contributed by atoms with Crippen LogP contribution in [0.25, 0.3) is 0 Å². The summed E-state index contributed by atoms with van der Waals surface area (Å²) in [5.74, 6) is 0.713. The molecule has 5 heteroatoms. The van der Waals surface area contributed by atoms with Gasteiger partial charge in [-0.2, -0.15) is 0 Å². The van der Waals surface area contributed by atoms with Crippen molar-refractivity contribution in [2.75, 3.05) is 0 Å². The number of nitrogens with one attached hydrogen (secondary N) is 1. The van der Waals surface area contributed by atoms with Crippen molar-refractivity contribution >= 4 is 22.9 Å². The molecule has 0 amide bonds. The molecule has 1 N–H and O–H groups in total. The summed E-state index contributed by atoms with van der Waals surface area (Å²) in [7, 11) is 0. The summed E-state index contributed by atoms with van der Waals surface area (Å²) in [6.45, 7) is 1.33. The molecule has 19 heavy (non-hydrogen) atoms. The average molecular weight is 295 g/mol. The number of ether oxygens (including phenoxy) is 1. The zero-order valence-corrected chi connectivity index (χ0v) is 12.0. The molecular formula is C14H15ClN2OS. The molecule has 3 nitrogen and oxygen atoms in total. The minimum Gasteiger partial charge on any atom is -0.486 e. The second-order valence-corrected chi connectivity index (χ2v) is 5.81. The fraction of sp³-hybridized carbons (Fsp3) is 0.357. The highest BCUT2D eigenvalue weighted by atomic mass is 35.5. The minimum atomic E-state index is 0.461. The second-order valence-electron chi connectivity index (χ2n) is 4.69. The van der Waals surface area contributed by atoms with E-state index < -0.39 is 0 Å². The molecule has 0 unspecified atom stereocenters. The molecular weight excluding hydrogens is 280 g/mol. The van der Waals surface area contributed by atoms with Gasteiger partial charge in [-0.15, -0.1) is 11.3 Å². The van der Waals surface area contributed by atoms with Gasteiger partial charge in [0.05, 0.1) is 16.2 Å². The SMILES string of the molecule is Clc1cc(CNC2CC2)ccc1OCc1cscn1. The van der Waals surface area contributed by atoms with Gasteiger partial charge in [0.25, 0.3) is 0 Å². The van der Waals surface area contributed by atoms with Crippen LogP contribution in [0.4, 0.5) is 0 Å². The molecule has 2 aromatic rings. The maximum absolute atomic E-state index is 6.23. The van der Waals surface area contributed by atoms with Gasteiger partial charge in [-0.1, -0.05) is 17.7 Å². The largest absolute Gasteiger partial charge is 0.486 e. The van der Waals surface area contributed by atoms with Crippen LogP contribution in [0.2, 0.25) is 5.02 Å². The number of aromatic nitrogens is 1. The van der Waals surface area contributed by atoms with E-state index in [0.29, 0.717) is 23.4 Å². The first-order valence-corrected chi connectivity index (χ1v) is 7.65. The Labute approximate surface area is 121 Å². The monoisotopic (exact) mass is 294 g/mol. The van der Waals surface area contributed by atoms with Crippen LogP contribution in [0, 0.1) is 0 Å². The first kappa shape index (κ1) is 12.9. The van der Waals surface area contributed by atoms with E-state index >= 15 is 0 Å². The normalized spacial score (nSPS) is 14.6. The molecule has 1 saturated carbocycles. The van der Waals surface area contributed by atoms with Crippen molar-refractivity contribution in [3.63, 3.8) is 0 Å². The van der Waals surface area contributed by atoms with Crippen molar-refractivity contribution in [3.8, 4) is 5.75 Å². The van der Waals surface area contributed by atoms with E-state index in [4.69, 9.17) is 16.3 Å². The first-order chi connectivity index (χ1) is 9.31. The predicted molar refractivity (Wildman–Crippen MR) is 77.8 cm³/mol. The highest BCUT2D eigenvalue weighted by Crippen LogP contribution is 2.27. The lowest BCUT2D eigenvalue weighted by atomic mass is 10.2. The zero-order valence-electron chi connectivity index (χ0n) is 10.4. The van der Waals surface area contributed by atoms with Gasteiger partial charge in [-0.25, -0.2) is 4.98 Å². The minimum absolute atomic E-state index is 0.461. The van der Waals surface area contributed by atoms with E-state index in [1.54, 1.807) is 16.8 Å². The Morgan fingerprint density at radius 3 is 3.00 bits per heavy atom. The van der Waals surface area contributed by atoms with E-state index in [2.05, 4.69) is 16.4 Å². The lowest BCUT2D eigenvalue weighted by Gasteiger charge is -2.09. The van der Waals surface area contributed by atoms with Crippen molar-refractivity contribution in [1.29, 1.82) is 0 Å². The standard InChI is InChI=1S/C14H15ClN2OS/c15-13-5-10(6-16-11-2-3-11)1-4-14(13)18-7-12-8-19-9-17-12/h1,4-5,8-9,11,16H,2-3,6-7H2. The number of hydrogen-bond acceptors (Lipinski definition) is 4. The summed E-state index contributed by atoms with van der Waals surface area (Å²) in [5, 5.41) is 6.10. The molecule has 0 spiro atoms. The Kier molecular flexibility index (Phi) is 4.01. The second kappa shape index (κ2) is 5.90. The van der Waals surface area contributed by atoms with Gasteiger partial charge >= 0.3 is 0 Å². The summed E-state index contributed by atoms with van der Waals surface area (Å²) in [5.41, 5.74) is 3.92. The van der Waals surface area contributed by atoms with Crippen LogP contribution in [-0.2, 0) is 13.2 Å². The van der Waals surface area contributed by atoms with E-state index in [1.165, 1.54) is 18.4 Å². The Morgan fingerprint density at radius 2 is 2.32 bits per heavy atom. The predicted octanol–water partition coefficient (Wildman–Crippen LogP) is 3.63. The summed E-state index contributed by atoms with van der Waals surface area (Å²) < 4.78 is 5.67. The van der Waals surface area contributed by atoms with Crippen LogP contribution >= 0.6 is 22.9 Å². The van der Waals surface area contributed by atoms with Crippen LogP contribution in [-0.4, -0.2) is 11.0 Å². The molecule has 0 bridgehead atoms. The third kappa shape index (κ3) is 3.69. The van der Waals surface area contributed by atoms with Crippen LogP contribution in [0.15, 0.2) is 29.1 Å². The van der Waals surface area contributed by atoms with Crippen LogP contribution in [0.5, 0.6) is 5.75 Å². The number of halogens is 1. The molecule has 1 aliphatic carbocycles. The van der Waals surface area contributed by atoms with E-state index in [1.807, 2.05) is 17.5 Å². The Bertz CT molecular complexity index is 540. The number of thiazole rings is 1. The topological polar surface area (TPSA) is 34.1 Å². The molecule has 1 aromatic heterocycles. The quantitative estimate of drug-likeness (QED) is 0.883. The van der Waals surface area contributed by atoms with Gasteiger partial charge in [0.15, 0.2) is 0 Å². The molecule has 1 fully saturated rings. The molecule has 0 aliphatic heterocycles. The summed E-state index contributed by atoms with van der Waals surface area (Å²) in [6, 6.07) is 6.66. The zero-order chi connectivity index (χ0) is 13.1. The number of rotatable bonds is 6. The maximum Gasteiger partial charge on any atom is 0.138 e. The van der Waals surface area contributed by atoms with Gasteiger partial charge in [0, 0.05) is 18.0 Å². The van der Waals surface area contributed by atoms with E-state index in [0.717, 1.165) is 12.2 Å². The first-order valence-electron chi connectivity index (χ1n) is 6.33. The molecule has 3 rings (SSSR count). The van der Waals surface area contributed by atoms with Crippen molar-refractivity contribution in [3.05, 3.63) is 45.4 Å². The fourth-order valence-corrected chi connectivity index (χ4v) is 2.58. The summed E-state index contributed by atoms with van der Waals surface area (Å²) >= 11 is 7.79. The molecule has 0 atom stereocenters. The van der Waals surface area contributed by atoms with Crippen LogP contribution in [0.3, 0.4) is 0 Å². The van der Waals surface area contributed by atoms with Crippen molar-refractivity contribution in [2.24, 2.45) is 0 Å². The average Bonchev–Trinajstić information content (AvgIpc) is 3.10. The van der Waals surface area contributed by atoms with Gasteiger partial charge < -0.3 is 10.1 Å². The Balaban J connectivity index is 1.58. The summed E-state index contributed by atoms with van der Waals surface area (Å²) in [4.78, 5) is 4.17. The number of hydrogen-bond donors (Lipinski definition) is 1. The van der Waals surface area contributed by atoms with E-state index in [-0.39, 0.29) is 0 Å². The van der Waals surface area contributed by atoms with Crippen molar-refractivity contribution < 1.29 is 4.74 Å². The molecule has 100 valence electrons. The van der Waals surface area contributed by atoms with Crippen LogP contribution in [0.1, 0.15) is 24.1 Å². The van der Waals surface area contributed by atoms with Gasteiger partial charge in [-0.05, 0) is 30.5 Å². The maximum atomic E-state index is 6.23. The molecule has 0 radical (unpaired) electrons. The fourth-order valence-electron chi connectivity index (χ4n) is 1.78. The lowest BCUT2D eigenvalue weighted by molar-refractivity contribution is 0.302. The van der Waals surface area contributed by atoms with Gasteiger partial charge in [-0.3, -0.25) is 0 Å². The number of benzene rings is 1. The smallest absolute Gasteiger partial charge is 0.138 e. The Morgan fingerprint density at radius 1 is 1.42 bits per heavy atom. The molecule has 1 aromatic carbocycles. The highest BCUT2D eigenvalue weighted by Gasteiger charge is 2.20. The van der Waals surface area contributed by atoms with Gasteiger partial charge in [0.1, 0.15) is 12.4 Å². The highest BCUT2D eigenvalue weighted by molar-refractivity contribution is 7.07. The van der Waals surface area contributed by atoms with Gasteiger partial charge in [0.2, 0.25) is 0 Å². The molecule has 1 aliphatic rings.